The van der Waals surface area contributed by atoms with Crippen LogP contribution in [0, 0.1) is 12.7 Å². The van der Waals surface area contributed by atoms with Crippen LogP contribution in [0.4, 0.5) is 4.39 Å². The summed E-state index contributed by atoms with van der Waals surface area (Å²) in [4.78, 5) is 4.92. The number of nitrogens with two attached hydrogens (primary N) is 2. The highest BCUT2D eigenvalue weighted by Gasteiger charge is 2.16. The van der Waals surface area contributed by atoms with Gasteiger partial charge in [-0.05, 0) is 54.8 Å². The predicted octanol–water partition coefficient (Wildman–Crippen LogP) is 1.53. The molecule has 6 nitrogen and oxygen atoms in total. The van der Waals surface area contributed by atoms with Gasteiger partial charge in [0.15, 0.2) is 10.9 Å². The van der Waals surface area contributed by atoms with Crippen LogP contribution < -0.4 is 21.5 Å². The van der Waals surface area contributed by atoms with Gasteiger partial charge in [0.25, 0.3) is 0 Å². The van der Waals surface area contributed by atoms with Crippen LogP contribution >= 0.6 is 0 Å². The van der Waals surface area contributed by atoms with E-state index < -0.39 is 11.4 Å². The normalized spacial score (nSPS) is 17.7. The summed E-state index contributed by atoms with van der Waals surface area (Å²) in [5.41, 5.74) is 9.41. The van der Waals surface area contributed by atoms with E-state index in [4.69, 9.17) is 10.9 Å². The smallest absolute Gasteiger partial charge is 0.195 e. The summed E-state index contributed by atoms with van der Waals surface area (Å²) in [6.45, 7) is 2.58. The third-order valence-corrected chi connectivity index (χ3v) is 5.01. The van der Waals surface area contributed by atoms with Gasteiger partial charge in [0.2, 0.25) is 0 Å². The molecule has 142 valence electrons. The molecular weight excluding hydrogens is 365 g/mol. The Hall–Kier alpha value is -2.39. The topological polar surface area (TPSA) is 112 Å². The van der Waals surface area contributed by atoms with Gasteiger partial charge in [0.1, 0.15) is 12.0 Å². The van der Waals surface area contributed by atoms with Crippen LogP contribution in [-0.2, 0) is 17.8 Å². The minimum atomic E-state index is -1.47. The zero-order valence-corrected chi connectivity index (χ0v) is 15.7. The lowest BCUT2D eigenvalue weighted by Crippen LogP contribution is -2.40. The van der Waals surface area contributed by atoms with E-state index in [1.807, 2.05) is 25.1 Å². The van der Waals surface area contributed by atoms with Crippen LogP contribution in [0.5, 0.6) is 0 Å². The van der Waals surface area contributed by atoms with Gasteiger partial charge in [-0.25, -0.2) is 9.38 Å². The second-order valence-corrected chi connectivity index (χ2v) is 7.34. The Morgan fingerprint density at radius 3 is 2.70 bits per heavy atom. The molecule has 6 N–H and O–H groups in total. The molecule has 0 spiro atoms. The van der Waals surface area contributed by atoms with Gasteiger partial charge in [-0.15, -0.1) is 5.14 Å². The summed E-state index contributed by atoms with van der Waals surface area (Å²) in [6, 6.07) is 12.0. The van der Waals surface area contributed by atoms with Crippen LogP contribution in [0.25, 0.3) is 5.70 Å². The van der Waals surface area contributed by atoms with Gasteiger partial charge < -0.3 is 15.6 Å². The molecule has 0 aromatic heterocycles. The van der Waals surface area contributed by atoms with Gasteiger partial charge in [0, 0.05) is 17.8 Å². The van der Waals surface area contributed by atoms with E-state index in [2.05, 4.69) is 15.6 Å². The van der Waals surface area contributed by atoms with Crippen molar-refractivity contribution in [2.75, 3.05) is 6.54 Å². The molecule has 0 saturated carbocycles. The highest BCUT2D eigenvalue weighted by molar-refractivity contribution is 7.89. The van der Waals surface area contributed by atoms with E-state index >= 15 is 0 Å². The molecule has 0 aliphatic carbocycles. The minimum Gasteiger partial charge on any atom is -0.593 e. The Morgan fingerprint density at radius 2 is 2.00 bits per heavy atom. The van der Waals surface area contributed by atoms with E-state index in [0.29, 0.717) is 11.4 Å². The molecule has 0 bridgehead atoms. The van der Waals surface area contributed by atoms with Crippen molar-refractivity contribution in [2.24, 2.45) is 15.9 Å². The summed E-state index contributed by atoms with van der Waals surface area (Å²) in [5.74, 6) is -0.0193. The van der Waals surface area contributed by atoms with E-state index in [0.717, 1.165) is 28.8 Å². The summed E-state index contributed by atoms with van der Waals surface area (Å²) in [5, 5.41) is 11.7. The van der Waals surface area contributed by atoms with Crippen LogP contribution in [0.3, 0.4) is 0 Å². The summed E-state index contributed by atoms with van der Waals surface area (Å²) in [7, 11) is 0. The minimum absolute atomic E-state index is 0.281. The highest BCUT2D eigenvalue weighted by Crippen LogP contribution is 2.20. The van der Waals surface area contributed by atoms with E-state index in [-0.39, 0.29) is 17.9 Å². The Bertz CT molecular complexity index is 867. The van der Waals surface area contributed by atoms with Crippen LogP contribution in [0.2, 0.25) is 0 Å². The van der Waals surface area contributed by atoms with Crippen LogP contribution in [0.1, 0.15) is 16.7 Å². The monoisotopic (exact) mass is 387 g/mol. The molecule has 8 heteroatoms. The van der Waals surface area contributed by atoms with Crippen molar-refractivity contribution in [3.05, 3.63) is 71.0 Å². The molecule has 0 radical (unpaired) electrons. The van der Waals surface area contributed by atoms with E-state index in [1.165, 1.54) is 12.1 Å². The maximum atomic E-state index is 13.6. The second-order valence-electron chi connectivity index (χ2n) is 6.27. The number of nitrogens with zero attached hydrogens (tertiary/aromatic N) is 1. The first-order chi connectivity index (χ1) is 12.9. The van der Waals surface area contributed by atoms with Gasteiger partial charge >= 0.3 is 0 Å². The first-order valence-corrected chi connectivity index (χ1v) is 9.71. The predicted molar refractivity (Wildman–Crippen MR) is 106 cm³/mol. The highest BCUT2D eigenvalue weighted by atomic mass is 32.2. The van der Waals surface area contributed by atoms with Crippen molar-refractivity contribution in [1.29, 1.82) is 0 Å². The average molecular weight is 387 g/mol. The second kappa shape index (κ2) is 8.53. The molecule has 0 saturated heterocycles. The fraction of sp³-hybridized carbons (Fsp3) is 0.211. The zero-order chi connectivity index (χ0) is 19.4. The molecule has 1 heterocycles. The summed E-state index contributed by atoms with van der Waals surface area (Å²) >= 11 is -1.47. The van der Waals surface area contributed by atoms with E-state index in [1.54, 1.807) is 18.2 Å². The Morgan fingerprint density at radius 1 is 1.26 bits per heavy atom. The lowest BCUT2D eigenvalue weighted by Gasteiger charge is -2.22. The SMILES string of the molecule is Cc1ccc(F)cc1C1=CC(NCCc2ccc([S+](N)[O-])cc2)N=C(N)N1. The quantitative estimate of drug-likeness (QED) is 0.562. The molecule has 27 heavy (non-hydrogen) atoms. The first kappa shape index (κ1) is 19.4. The number of guanidine groups is 1. The molecule has 2 aromatic carbocycles. The van der Waals surface area contributed by atoms with Crippen LogP contribution in [-0.4, -0.2) is 23.2 Å². The van der Waals surface area contributed by atoms with E-state index in [9.17, 15) is 8.94 Å². The van der Waals surface area contributed by atoms with Gasteiger partial charge in [-0.3, -0.25) is 5.32 Å². The molecule has 2 unspecified atom stereocenters. The maximum absolute atomic E-state index is 13.6. The third-order valence-electron chi connectivity index (χ3n) is 4.28. The van der Waals surface area contributed by atoms with Gasteiger partial charge in [0.05, 0.1) is 11.4 Å². The number of halogens is 1. The number of hydrogen-bond acceptors (Lipinski definition) is 6. The Labute approximate surface area is 160 Å². The van der Waals surface area contributed by atoms with Crippen molar-refractivity contribution in [3.63, 3.8) is 0 Å². The molecule has 1 aliphatic heterocycles. The number of aryl methyl sites for hydroxylation is 1. The molecular formula is C19H22FN5OS. The Kier molecular flexibility index (Phi) is 6.12. The fourth-order valence-corrected chi connectivity index (χ4v) is 3.26. The number of rotatable bonds is 6. The largest absolute Gasteiger partial charge is 0.593 e. The third kappa shape index (κ3) is 5.08. The molecule has 0 fully saturated rings. The fourth-order valence-electron chi connectivity index (χ4n) is 2.86. The lowest BCUT2D eigenvalue weighted by molar-refractivity contribution is 0.596. The van der Waals surface area contributed by atoms with Crippen molar-refractivity contribution >= 4 is 23.0 Å². The average Bonchev–Trinajstić information content (AvgIpc) is 2.63. The molecule has 2 atom stereocenters. The lowest BCUT2D eigenvalue weighted by atomic mass is 10.0. The molecule has 0 amide bonds. The van der Waals surface area contributed by atoms with Crippen molar-refractivity contribution in [3.8, 4) is 0 Å². The first-order valence-electron chi connectivity index (χ1n) is 8.49. The molecule has 1 aliphatic rings. The van der Waals surface area contributed by atoms with Crippen molar-refractivity contribution < 1.29 is 8.94 Å². The van der Waals surface area contributed by atoms with Crippen LogP contribution in [0.15, 0.2) is 58.4 Å². The van der Waals surface area contributed by atoms with Crippen molar-refractivity contribution in [1.82, 2.24) is 10.6 Å². The Balaban J connectivity index is 1.64. The number of hydrogen-bond donors (Lipinski definition) is 4. The number of aliphatic imine (C=N–C) groups is 1. The number of benzene rings is 2. The van der Waals surface area contributed by atoms with Gasteiger partial charge in [-0.1, -0.05) is 18.2 Å². The summed E-state index contributed by atoms with van der Waals surface area (Å²) < 4.78 is 24.8. The summed E-state index contributed by atoms with van der Waals surface area (Å²) in [6.07, 6.45) is 2.34. The molecule has 2 aromatic rings. The van der Waals surface area contributed by atoms with Crippen molar-refractivity contribution in [2.45, 2.75) is 24.4 Å². The standard InChI is InChI=1S/C19H22FN5OS/c1-12-2-5-14(20)10-16(12)17-11-18(25-19(21)24-17)23-9-8-13-3-6-15(7-4-13)27(22)26/h2-7,10-11,18,23H,8-9,22H2,1H3,(H3,21,24,25). The maximum Gasteiger partial charge on any atom is 0.195 e. The molecule has 3 rings (SSSR count). The van der Waals surface area contributed by atoms with Gasteiger partial charge in [-0.2, -0.15) is 0 Å². The zero-order valence-electron chi connectivity index (χ0n) is 14.9. The number of nitrogens with one attached hydrogen (secondary N) is 2.